The number of benzene rings is 1. The van der Waals surface area contributed by atoms with Crippen molar-refractivity contribution in [3.8, 4) is 0 Å². The Hall–Kier alpha value is -1.22. The Morgan fingerprint density at radius 1 is 1.12 bits per heavy atom. The second-order valence-corrected chi connectivity index (χ2v) is 6.74. The highest BCUT2D eigenvalue weighted by molar-refractivity contribution is 5.80. The lowest BCUT2D eigenvalue weighted by atomic mass is 10.1. The molecule has 26 heavy (non-hydrogen) atoms. The number of halogens is 1. The van der Waals surface area contributed by atoms with Gasteiger partial charge in [0.25, 0.3) is 0 Å². The van der Waals surface area contributed by atoms with Gasteiger partial charge >= 0.3 is 0 Å². The predicted molar refractivity (Wildman–Crippen MR) is 115 cm³/mol. The third kappa shape index (κ3) is 20.8. The number of carbonyl (C=O) groups excluding carboxylic acids is 1. The molecule has 2 N–H and O–H groups in total. The van der Waals surface area contributed by atoms with Gasteiger partial charge in [0.05, 0.1) is 6.04 Å². The summed E-state index contributed by atoms with van der Waals surface area (Å²) in [5.74, 6) is 0.852. The van der Waals surface area contributed by atoms with E-state index in [1.54, 1.807) is 13.0 Å². The minimum absolute atomic E-state index is 0.0370. The van der Waals surface area contributed by atoms with Crippen LogP contribution in [0.3, 0.4) is 0 Å². The van der Waals surface area contributed by atoms with E-state index >= 15 is 0 Å². The summed E-state index contributed by atoms with van der Waals surface area (Å²) in [4.78, 5) is 10.0. The van der Waals surface area contributed by atoms with Crippen molar-refractivity contribution in [2.45, 2.75) is 100 Å². The van der Waals surface area contributed by atoms with Crippen LogP contribution in [0.1, 0.15) is 92.2 Å². The standard InChI is InChI=1S/C9H11F.C8H18.C4H9NO.C2H6/c1-3-8-6-7(2)4-5-9(8)10;1-4-5-6-7-8(2)3;1-3(5)4(2)6;1-2/h4-6H,3H2,1-2H3;8H,4-7H2,1-3H3;3H,5H2,1-2H3;1-2H3. The maximum absolute atomic E-state index is 12.8. The number of hydrogen-bond acceptors (Lipinski definition) is 2. The smallest absolute Gasteiger partial charge is 0.146 e. The number of aryl methyl sites for hydroxylation is 2. The minimum Gasteiger partial charge on any atom is -0.322 e. The Kier molecular flexibility index (Phi) is 22.8. The van der Waals surface area contributed by atoms with Crippen molar-refractivity contribution in [2.75, 3.05) is 0 Å². The number of carbonyl (C=O) groups is 1. The number of rotatable bonds is 6. The predicted octanol–water partition coefficient (Wildman–Crippen LogP) is 6.87. The topological polar surface area (TPSA) is 43.1 Å². The van der Waals surface area contributed by atoms with Crippen LogP contribution in [0.2, 0.25) is 0 Å². The van der Waals surface area contributed by atoms with Crippen molar-refractivity contribution in [1.29, 1.82) is 0 Å². The highest BCUT2D eigenvalue weighted by Gasteiger charge is 1.97. The molecule has 0 amide bonds. The van der Waals surface area contributed by atoms with Gasteiger partial charge in [-0.2, -0.15) is 0 Å². The SMILES string of the molecule is CC.CC(=O)C(C)N.CCCCCC(C)C.CCc1cc(C)ccc1F. The normalized spacial score (nSPS) is 10.5. The van der Waals surface area contributed by atoms with E-state index in [1.807, 2.05) is 33.8 Å². The van der Waals surface area contributed by atoms with Gasteiger partial charge in [0.1, 0.15) is 11.6 Å². The molecule has 0 aromatic heterocycles. The lowest BCUT2D eigenvalue weighted by molar-refractivity contribution is -0.117. The number of Topliss-reactive ketones (excluding diaryl/α,β-unsaturated/α-hetero) is 1. The van der Waals surface area contributed by atoms with Crippen molar-refractivity contribution in [2.24, 2.45) is 11.7 Å². The number of hydrogen-bond donors (Lipinski definition) is 1. The second-order valence-electron chi connectivity index (χ2n) is 6.74. The first kappa shape index (κ1) is 29.5. The van der Waals surface area contributed by atoms with Gasteiger partial charge in [-0.1, -0.05) is 84.9 Å². The average molecular weight is 370 g/mol. The van der Waals surface area contributed by atoms with Gasteiger partial charge in [0, 0.05) is 0 Å². The molecule has 1 atom stereocenters. The van der Waals surface area contributed by atoms with Crippen molar-refractivity contribution in [1.82, 2.24) is 0 Å². The maximum Gasteiger partial charge on any atom is 0.146 e. The molecule has 1 aromatic carbocycles. The fourth-order valence-corrected chi connectivity index (χ4v) is 1.78. The van der Waals surface area contributed by atoms with Crippen molar-refractivity contribution >= 4 is 5.78 Å². The van der Waals surface area contributed by atoms with Gasteiger partial charge in [-0.15, -0.1) is 0 Å². The molecular formula is C23H44FNO. The highest BCUT2D eigenvalue weighted by Crippen LogP contribution is 2.09. The Labute approximate surface area is 162 Å². The molecule has 154 valence electrons. The molecule has 0 radical (unpaired) electrons. The molecule has 0 aliphatic rings. The van der Waals surface area contributed by atoms with Crippen molar-refractivity contribution in [3.05, 3.63) is 35.1 Å². The molecule has 0 aliphatic heterocycles. The highest BCUT2D eigenvalue weighted by atomic mass is 19.1. The van der Waals surface area contributed by atoms with Crippen LogP contribution in [-0.2, 0) is 11.2 Å². The molecular weight excluding hydrogens is 325 g/mol. The first-order valence-corrected chi connectivity index (χ1v) is 10.2. The van der Waals surface area contributed by atoms with E-state index in [9.17, 15) is 9.18 Å². The summed E-state index contributed by atoms with van der Waals surface area (Å²) >= 11 is 0. The third-order valence-corrected chi connectivity index (χ3v) is 3.61. The molecule has 0 fully saturated rings. The number of ketones is 1. The molecule has 1 aromatic rings. The third-order valence-electron chi connectivity index (χ3n) is 3.61. The van der Waals surface area contributed by atoms with Crippen LogP contribution in [0.4, 0.5) is 4.39 Å². The van der Waals surface area contributed by atoms with E-state index in [4.69, 9.17) is 5.73 Å². The second kappa shape index (κ2) is 20.1. The molecule has 0 aliphatic carbocycles. The van der Waals surface area contributed by atoms with E-state index in [-0.39, 0.29) is 17.6 Å². The zero-order valence-electron chi connectivity index (χ0n) is 18.8. The van der Waals surface area contributed by atoms with Crippen LogP contribution in [0.25, 0.3) is 0 Å². The first-order chi connectivity index (χ1) is 12.1. The zero-order chi connectivity index (χ0) is 21.1. The van der Waals surface area contributed by atoms with Gasteiger partial charge in [-0.05, 0) is 44.7 Å². The van der Waals surface area contributed by atoms with E-state index in [0.717, 1.165) is 23.5 Å². The largest absolute Gasteiger partial charge is 0.322 e. The molecule has 1 rings (SSSR count). The molecule has 0 spiro atoms. The Morgan fingerprint density at radius 2 is 1.62 bits per heavy atom. The summed E-state index contributed by atoms with van der Waals surface area (Å²) in [5.41, 5.74) is 7.01. The Morgan fingerprint density at radius 3 is 1.92 bits per heavy atom. The van der Waals surface area contributed by atoms with Gasteiger partial charge < -0.3 is 5.73 Å². The maximum atomic E-state index is 12.8. The van der Waals surface area contributed by atoms with Crippen molar-refractivity contribution in [3.63, 3.8) is 0 Å². The van der Waals surface area contributed by atoms with Crippen LogP contribution < -0.4 is 5.73 Å². The van der Waals surface area contributed by atoms with Gasteiger partial charge in [-0.25, -0.2) is 4.39 Å². The quantitative estimate of drug-likeness (QED) is 0.556. The molecule has 3 heteroatoms. The van der Waals surface area contributed by atoms with E-state index in [1.165, 1.54) is 38.7 Å². The molecule has 0 bridgehead atoms. The lowest BCUT2D eigenvalue weighted by Gasteiger charge is -2.00. The summed E-state index contributed by atoms with van der Waals surface area (Å²) in [6.45, 7) is 17.9. The summed E-state index contributed by atoms with van der Waals surface area (Å²) < 4.78 is 12.8. The fourth-order valence-electron chi connectivity index (χ4n) is 1.78. The molecule has 0 heterocycles. The molecule has 0 saturated heterocycles. The monoisotopic (exact) mass is 369 g/mol. The van der Waals surface area contributed by atoms with Crippen LogP contribution in [0, 0.1) is 18.7 Å². The van der Waals surface area contributed by atoms with E-state index < -0.39 is 0 Å². The summed E-state index contributed by atoms with van der Waals surface area (Å²) in [6, 6.07) is 4.91. The first-order valence-electron chi connectivity index (χ1n) is 10.2. The number of nitrogens with two attached hydrogens (primary N) is 1. The van der Waals surface area contributed by atoms with Crippen LogP contribution >= 0.6 is 0 Å². The summed E-state index contributed by atoms with van der Waals surface area (Å²) in [5, 5.41) is 0. The van der Waals surface area contributed by atoms with Gasteiger partial charge in [0.2, 0.25) is 0 Å². The van der Waals surface area contributed by atoms with Crippen LogP contribution in [-0.4, -0.2) is 11.8 Å². The minimum atomic E-state index is -0.287. The average Bonchev–Trinajstić information content (AvgIpc) is 2.60. The summed E-state index contributed by atoms with van der Waals surface area (Å²) in [6.07, 6.45) is 6.38. The lowest BCUT2D eigenvalue weighted by Crippen LogP contribution is -2.23. The molecule has 2 nitrogen and oxygen atoms in total. The zero-order valence-corrected chi connectivity index (χ0v) is 18.8. The van der Waals surface area contributed by atoms with Crippen LogP contribution in [0.5, 0.6) is 0 Å². The van der Waals surface area contributed by atoms with Gasteiger partial charge in [-0.3, -0.25) is 4.79 Å². The van der Waals surface area contributed by atoms with E-state index in [2.05, 4.69) is 20.8 Å². The fraction of sp³-hybridized carbons (Fsp3) is 0.696. The molecule has 0 saturated carbocycles. The van der Waals surface area contributed by atoms with Crippen molar-refractivity contribution < 1.29 is 9.18 Å². The summed E-state index contributed by atoms with van der Waals surface area (Å²) in [7, 11) is 0. The molecule has 1 unspecified atom stereocenters. The Balaban J connectivity index is -0.000000300. The van der Waals surface area contributed by atoms with Crippen LogP contribution in [0.15, 0.2) is 18.2 Å². The van der Waals surface area contributed by atoms with E-state index in [0.29, 0.717) is 0 Å². The number of unbranched alkanes of at least 4 members (excludes halogenated alkanes) is 2. The van der Waals surface area contributed by atoms with Gasteiger partial charge in [0.15, 0.2) is 0 Å². The Bertz CT molecular complexity index is 442.